The maximum absolute atomic E-state index is 12.7. The van der Waals surface area contributed by atoms with Crippen molar-refractivity contribution in [1.29, 1.82) is 0 Å². The molecule has 0 unspecified atom stereocenters. The molecule has 0 spiro atoms. The maximum Gasteiger partial charge on any atom is 0.416 e. The zero-order chi connectivity index (χ0) is 18.1. The summed E-state index contributed by atoms with van der Waals surface area (Å²) in [5.74, 6) is 0.204. The number of carbonyl (C=O) groups excluding carboxylic acids is 1. The number of nitrogens with one attached hydrogen (secondary N) is 2. The lowest BCUT2D eigenvalue weighted by molar-refractivity contribution is -0.143. The van der Waals surface area contributed by atoms with E-state index in [0.717, 1.165) is 0 Å². The molecule has 5 nitrogen and oxygen atoms in total. The van der Waals surface area contributed by atoms with Crippen molar-refractivity contribution in [3.63, 3.8) is 0 Å². The highest BCUT2D eigenvalue weighted by Gasteiger charge is 2.37. The summed E-state index contributed by atoms with van der Waals surface area (Å²) in [4.78, 5) is 11.7. The van der Waals surface area contributed by atoms with Crippen LogP contribution in [0.1, 0.15) is 11.1 Å². The van der Waals surface area contributed by atoms with Gasteiger partial charge in [0.2, 0.25) is 0 Å². The standard InChI is InChI=1S/C13H10F6N4O/c1-23-10(2-3-20-23)22-11(24)21-9-5-7(12(14,15)16)4-8(6-9)13(17,18)19/h2-6H,1H3,(H2,21,22,24). The highest BCUT2D eigenvalue weighted by atomic mass is 19.4. The number of benzene rings is 1. The Bertz CT molecular complexity index is 717. The number of halogens is 6. The quantitative estimate of drug-likeness (QED) is 0.800. The molecule has 0 saturated heterocycles. The number of amides is 2. The Morgan fingerprint density at radius 2 is 1.54 bits per heavy atom. The zero-order valence-corrected chi connectivity index (χ0v) is 12.0. The fourth-order valence-electron chi connectivity index (χ4n) is 1.80. The molecule has 1 aromatic carbocycles. The van der Waals surface area contributed by atoms with Gasteiger partial charge in [-0.2, -0.15) is 31.4 Å². The van der Waals surface area contributed by atoms with E-state index in [2.05, 4.69) is 10.4 Å². The molecule has 0 aliphatic heterocycles. The van der Waals surface area contributed by atoms with Crippen molar-refractivity contribution in [2.75, 3.05) is 10.6 Å². The lowest BCUT2D eigenvalue weighted by Gasteiger charge is -2.15. The van der Waals surface area contributed by atoms with Crippen molar-refractivity contribution < 1.29 is 31.1 Å². The predicted molar refractivity (Wildman–Crippen MR) is 72.3 cm³/mol. The molecule has 0 atom stereocenters. The summed E-state index contributed by atoms with van der Waals surface area (Å²) < 4.78 is 77.6. The van der Waals surface area contributed by atoms with Crippen molar-refractivity contribution in [3.8, 4) is 0 Å². The Labute approximate surface area is 131 Å². The van der Waals surface area contributed by atoms with E-state index in [-0.39, 0.29) is 11.9 Å². The van der Waals surface area contributed by atoms with Gasteiger partial charge in [-0.1, -0.05) is 0 Å². The summed E-state index contributed by atoms with van der Waals surface area (Å²) in [6.07, 6.45) is -8.63. The lowest BCUT2D eigenvalue weighted by Crippen LogP contribution is -2.22. The van der Waals surface area contributed by atoms with Gasteiger partial charge in [0.25, 0.3) is 0 Å². The molecular weight excluding hydrogens is 342 g/mol. The Kier molecular flexibility index (Phi) is 4.45. The zero-order valence-electron chi connectivity index (χ0n) is 12.0. The van der Waals surface area contributed by atoms with Gasteiger partial charge in [0.05, 0.1) is 17.3 Å². The summed E-state index contributed by atoms with van der Waals surface area (Å²) in [6, 6.07) is 1.19. The first-order valence-electron chi connectivity index (χ1n) is 6.32. The van der Waals surface area contributed by atoms with Crippen LogP contribution in [0.3, 0.4) is 0 Å². The largest absolute Gasteiger partial charge is 0.416 e. The minimum atomic E-state index is -4.99. The van der Waals surface area contributed by atoms with E-state index in [1.165, 1.54) is 24.0 Å². The summed E-state index contributed by atoms with van der Waals surface area (Å²) in [5.41, 5.74) is -3.68. The Hall–Kier alpha value is -2.72. The van der Waals surface area contributed by atoms with Gasteiger partial charge in [-0.15, -0.1) is 0 Å². The van der Waals surface area contributed by atoms with E-state index in [9.17, 15) is 31.1 Å². The van der Waals surface area contributed by atoms with Crippen LogP contribution in [0.15, 0.2) is 30.5 Å². The minimum Gasteiger partial charge on any atom is -0.308 e. The first-order chi connectivity index (χ1) is 11.0. The van der Waals surface area contributed by atoms with Crippen LogP contribution in [0.4, 0.5) is 42.6 Å². The van der Waals surface area contributed by atoms with E-state index < -0.39 is 35.2 Å². The van der Waals surface area contributed by atoms with E-state index in [0.29, 0.717) is 12.1 Å². The number of carbonyl (C=O) groups is 1. The smallest absolute Gasteiger partial charge is 0.308 e. The van der Waals surface area contributed by atoms with E-state index in [4.69, 9.17) is 0 Å². The van der Waals surface area contributed by atoms with Crippen molar-refractivity contribution in [3.05, 3.63) is 41.6 Å². The molecule has 0 aliphatic rings. The molecule has 0 radical (unpaired) electrons. The number of hydrogen-bond acceptors (Lipinski definition) is 2. The number of alkyl halides is 6. The second kappa shape index (κ2) is 6.06. The predicted octanol–water partition coefficient (Wildman–Crippen LogP) is 4.10. The maximum atomic E-state index is 12.7. The van der Waals surface area contributed by atoms with Crippen molar-refractivity contribution >= 4 is 17.5 Å². The Balaban J connectivity index is 2.29. The number of rotatable bonds is 2. The molecule has 1 heterocycles. The van der Waals surface area contributed by atoms with Crippen LogP contribution in [-0.2, 0) is 19.4 Å². The van der Waals surface area contributed by atoms with Crippen LogP contribution < -0.4 is 10.6 Å². The molecule has 0 bridgehead atoms. The summed E-state index contributed by atoms with van der Waals surface area (Å²) in [7, 11) is 1.49. The van der Waals surface area contributed by atoms with Gasteiger partial charge in [0.1, 0.15) is 5.82 Å². The summed E-state index contributed by atoms with van der Waals surface area (Å²) in [6.45, 7) is 0. The number of hydrogen-bond donors (Lipinski definition) is 2. The van der Waals surface area contributed by atoms with Gasteiger partial charge in [-0.3, -0.25) is 10.00 Å². The third kappa shape index (κ3) is 4.18. The fourth-order valence-corrected chi connectivity index (χ4v) is 1.80. The second-order valence-electron chi connectivity index (χ2n) is 4.71. The monoisotopic (exact) mass is 352 g/mol. The van der Waals surface area contributed by atoms with E-state index >= 15 is 0 Å². The second-order valence-corrected chi connectivity index (χ2v) is 4.71. The van der Waals surface area contributed by atoms with Crippen LogP contribution in [0.5, 0.6) is 0 Å². The molecule has 2 rings (SSSR count). The van der Waals surface area contributed by atoms with Crippen LogP contribution in [0, 0.1) is 0 Å². The molecule has 24 heavy (non-hydrogen) atoms. The van der Waals surface area contributed by atoms with Gasteiger partial charge in [0.15, 0.2) is 0 Å². The highest BCUT2D eigenvalue weighted by Crippen LogP contribution is 2.37. The normalized spacial score (nSPS) is 12.1. The number of urea groups is 1. The molecule has 11 heteroatoms. The first kappa shape index (κ1) is 17.6. The van der Waals surface area contributed by atoms with Crippen molar-refractivity contribution in [2.24, 2.45) is 7.05 Å². The van der Waals surface area contributed by atoms with E-state index in [1.54, 1.807) is 0 Å². The van der Waals surface area contributed by atoms with Gasteiger partial charge in [-0.25, -0.2) is 4.79 Å². The number of nitrogens with zero attached hydrogens (tertiary/aromatic N) is 2. The fraction of sp³-hybridized carbons (Fsp3) is 0.231. The third-order valence-electron chi connectivity index (χ3n) is 2.91. The summed E-state index contributed by atoms with van der Waals surface area (Å²) >= 11 is 0. The molecule has 0 saturated carbocycles. The van der Waals surface area contributed by atoms with Crippen LogP contribution in [0.25, 0.3) is 0 Å². The van der Waals surface area contributed by atoms with Gasteiger partial charge < -0.3 is 5.32 Å². The average molecular weight is 352 g/mol. The number of anilines is 2. The highest BCUT2D eigenvalue weighted by molar-refractivity contribution is 5.99. The molecule has 2 amide bonds. The molecule has 2 aromatic rings. The molecule has 0 fully saturated rings. The average Bonchev–Trinajstić information content (AvgIpc) is 2.81. The van der Waals surface area contributed by atoms with Gasteiger partial charge in [-0.05, 0) is 18.2 Å². The topological polar surface area (TPSA) is 59.0 Å². The van der Waals surface area contributed by atoms with Crippen LogP contribution in [-0.4, -0.2) is 15.8 Å². The van der Waals surface area contributed by atoms with Crippen LogP contribution >= 0.6 is 0 Å². The SMILES string of the molecule is Cn1nccc1NC(=O)Nc1cc(C(F)(F)F)cc(C(F)(F)F)c1. The first-order valence-corrected chi connectivity index (χ1v) is 6.32. The van der Waals surface area contributed by atoms with Crippen molar-refractivity contribution in [2.45, 2.75) is 12.4 Å². The Morgan fingerprint density at radius 3 is 1.96 bits per heavy atom. The Morgan fingerprint density at radius 1 is 1.00 bits per heavy atom. The van der Waals surface area contributed by atoms with Gasteiger partial charge in [0, 0.05) is 18.8 Å². The van der Waals surface area contributed by atoms with Crippen molar-refractivity contribution in [1.82, 2.24) is 9.78 Å². The minimum absolute atomic E-state index is 0.0236. The molecular formula is C13H10F6N4O. The third-order valence-corrected chi connectivity index (χ3v) is 2.91. The molecule has 130 valence electrons. The summed E-state index contributed by atoms with van der Waals surface area (Å²) in [5, 5.41) is 7.93. The molecule has 0 aliphatic carbocycles. The number of aromatic nitrogens is 2. The van der Waals surface area contributed by atoms with E-state index in [1.807, 2.05) is 5.32 Å². The van der Waals surface area contributed by atoms with Gasteiger partial charge >= 0.3 is 18.4 Å². The molecule has 2 N–H and O–H groups in total. The van der Waals surface area contributed by atoms with Crippen LogP contribution in [0.2, 0.25) is 0 Å². The lowest BCUT2D eigenvalue weighted by atomic mass is 10.1. The molecule has 1 aromatic heterocycles. The number of aryl methyl sites for hydroxylation is 1.